The maximum Gasteiger partial charge on any atom is 0.341 e. The van der Waals surface area contributed by atoms with E-state index in [9.17, 15) is 24.3 Å². The van der Waals surface area contributed by atoms with Gasteiger partial charge in [-0.05, 0) is 57.7 Å². The lowest BCUT2D eigenvalue weighted by molar-refractivity contribution is -0.340. The summed E-state index contributed by atoms with van der Waals surface area (Å²) in [5.74, 6) is -3.26. The van der Waals surface area contributed by atoms with E-state index in [1.807, 2.05) is 30.3 Å². The Bertz CT molecular complexity index is 1430. The average Bonchev–Trinajstić information content (AvgIpc) is 3.55. The summed E-state index contributed by atoms with van der Waals surface area (Å²) in [5.41, 5.74) is -5.37. The summed E-state index contributed by atoms with van der Waals surface area (Å²) in [5, 5.41) is 12.3. The molecule has 5 rings (SSSR count). The van der Waals surface area contributed by atoms with Gasteiger partial charge in [0.05, 0.1) is 23.0 Å². The summed E-state index contributed by atoms with van der Waals surface area (Å²) >= 11 is 0. The van der Waals surface area contributed by atoms with Crippen LogP contribution in [0.4, 0.5) is 0 Å². The van der Waals surface area contributed by atoms with Crippen molar-refractivity contribution in [2.75, 3.05) is 6.61 Å². The molecule has 11 nitrogen and oxygen atoms in total. The summed E-state index contributed by atoms with van der Waals surface area (Å²) in [6.07, 6.45) is 2.39. The van der Waals surface area contributed by atoms with Gasteiger partial charge in [-0.15, -0.1) is 0 Å². The highest BCUT2D eigenvalue weighted by molar-refractivity contribution is 5.89. The number of benzene rings is 1. The van der Waals surface area contributed by atoms with E-state index < -0.39 is 76.9 Å². The van der Waals surface area contributed by atoms with Gasteiger partial charge in [0, 0.05) is 25.8 Å². The number of fused-ring (bicyclic) bond motifs is 1. The van der Waals surface area contributed by atoms with Crippen LogP contribution in [-0.2, 0) is 38.1 Å². The molecule has 7 atom stereocenters. The van der Waals surface area contributed by atoms with Crippen LogP contribution in [0.2, 0.25) is 0 Å². The number of carbonyl (C=O) groups excluding carboxylic acids is 4. The minimum Gasteiger partial charge on any atom is -0.472 e. The highest BCUT2D eigenvalue weighted by atomic mass is 16.6. The van der Waals surface area contributed by atoms with Gasteiger partial charge >= 0.3 is 23.9 Å². The number of aliphatic hydroxyl groups is 1. The zero-order valence-corrected chi connectivity index (χ0v) is 25.4. The molecule has 3 fully saturated rings. The molecule has 1 aromatic carbocycles. The molecule has 1 saturated heterocycles. The molecule has 0 amide bonds. The SMILES string of the molecule is CC(=O)OC[C@@]12[C@@H](OC(=O)c3ccoc3)CC[C@](C)(O)[C@]13OC(C)(C)[C@H](C[C@H]2OC(=O)/C=C/c1ccccc1)[C@H]3OC(C)=O. The normalized spacial score (nSPS) is 33.7. The first kappa shape index (κ1) is 31.5. The van der Waals surface area contributed by atoms with E-state index in [1.54, 1.807) is 26.8 Å². The number of hydrogen-bond acceptors (Lipinski definition) is 11. The van der Waals surface area contributed by atoms with Crippen molar-refractivity contribution in [3.8, 4) is 0 Å². The second-order valence-corrected chi connectivity index (χ2v) is 12.5. The third-order valence-corrected chi connectivity index (χ3v) is 9.37. The molecule has 3 aliphatic rings. The van der Waals surface area contributed by atoms with E-state index in [0.717, 1.165) is 5.56 Å². The summed E-state index contributed by atoms with van der Waals surface area (Å²) in [6.45, 7) is 7.16. The van der Waals surface area contributed by atoms with Crippen molar-refractivity contribution in [2.24, 2.45) is 11.3 Å². The van der Waals surface area contributed by atoms with Crippen LogP contribution in [0.1, 0.15) is 69.8 Å². The lowest BCUT2D eigenvalue weighted by Crippen LogP contribution is -2.81. The van der Waals surface area contributed by atoms with Gasteiger partial charge in [0.2, 0.25) is 0 Å². The van der Waals surface area contributed by atoms with Crippen LogP contribution in [0.25, 0.3) is 6.08 Å². The molecule has 11 heteroatoms. The molecule has 0 radical (unpaired) electrons. The standard InChI is InChI=1S/C33H38O11/c1-20(34)40-19-32-25(43-29(37)23-14-16-39-18-23)13-15-31(5,38)33(32)28(41-21(2)35)24(30(3,4)44-33)17-26(32)42-27(36)12-11-22-9-7-6-8-10-22/h6-12,14,16,18,24-26,28,38H,13,15,17,19H2,1-5H3/b12-11+/t24-,25+,26-,28-,31+,32+,33+/m1/s1. The van der Waals surface area contributed by atoms with Gasteiger partial charge in [0.15, 0.2) is 5.60 Å². The first-order valence-corrected chi connectivity index (χ1v) is 14.6. The molecule has 2 aromatic rings. The highest BCUT2D eigenvalue weighted by Crippen LogP contribution is 2.68. The zero-order chi connectivity index (χ0) is 31.9. The third-order valence-electron chi connectivity index (χ3n) is 9.37. The number of furan rings is 1. The van der Waals surface area contributed by atoms with Crippen LogP contribution >= 0.6 is 0 Å². The molecule has 1 aliphatic heterocycles. The molecule has 1 spiro atoms. The fraction of sp³-hybridized carbons (Fsp3) is 0.515. The van der Waals surface area contributed by atoms with E-state index in [0.29, 0.717) is 0 Å². The van der Waals surface area contributed by atoms with Crippen molar-refractivity contribution in [3.05, 3.63) is 66.1 Å². The summed E-state index contributed by atoms with van der Waals surface area (Å²) in [6, 6.07) is 10.6. The summed E-state index contributed by atoms with van der Waals surface area (Å²) < 4.78 is 35.8. The van der Waals surface area contributed by atoms with Crippen LogP contribution in [0.3, 0.4) is 0 Å². The molecule has 1 N–H and O–H groups in total. The molecular weight excluding hydrogens is 572 g/mol. The minimum atomic E-state index is -1.83. The molecular formula is C33H38O11. The zero-order valence-electron chi connectivity index (χ0n) is 25.4. The van der Waals surface area contributed by atoms with Crippen LogP contribution in [0.5, 0.6) is 0 Å². The van der Waals surface area contributed by atoms with Crippen molar-refractivity contribution < 1.29 is 52.4 Å². The smallest absolute Gasteiger partial charge is 0.341 e. The van der Waals surface area contributed by atoms with Crippen LogP contribution in [0.15, 0.2) is 59.4 Å². The van der Waals surface area contributed by atoms with Crippen molar-refractivity contribution in [1.29, 1.82) is 0 Å². The van der Waals surface area contributed by atoms with Gasteiger partial charge in [-0.3, -0.25) is 9.59 Å². The van der Waals surface area contributed by atoms with Crippen LogP contribution in [0, 0.1) is 11.3 Å². The molecule has 1 aromatic heterocycles. The van der Waals surface area contributed by atoms with E-state index >= 15 is 0 Å². The Morgan fingerprint density at radius 2 is 1.70 bits per heavy atom. The lowest BCUT2D eigenvalue weighted by Gasteiger charge is -2.64. The number of hydrogen-bond donors (Lipinski definition) is 1. The summed E-state index contributed by atoms with van der Waals surface area (Å²) in [4.78, 5) is 51.7. The fourth-order valence-corrected chi connectivity index (χ4v) is 7.52. The first-order valence-electron chi connectivity index (χ1n) is 14.6. The Kier molecular flexibility index (Phi) is 8.24. The van der Waals surface area contributed by atoms with Crippen molar-refractivity contribution in [3.63, 3.8) is 0 Å². The Hall–Kier alpha value is -3.96. The number of esters is 4. The van der Waals surface area contributed by atoms with Gasteiger partial charge in [0.25, 0.3) is 0 Å². The topological polar surface area (TPSA) is 148 Å². The second-order valence-electron chi connectivity index (χ2n) is 12.5. The Morgan fingerprint density at radius 3 is 2.34 bits per heavy atom. The maximum absolute atomic E-state index is 13.4. The van der Waals surface area contributed by atoms with E-state index in [1.165, 1.54) is 38.5 Å². The second kappa shape index (κ2) is 11.5. The predicted octanol–water partition coefficient (Wildman–Crippen LogP) is 4.02. The largest absolute Gasteiger partial charge is 0.472 e. The first-order chi connectivity index (χ1) is 20.7. The predicted molar refractivity (Wildman–Crippen MR) is 154 cm³/mol. The molecule has 2 heterocycles. The van der Waals surface area contributed by atoms with E-state index in [4.69, 9.17) is 28.1 Å². The van der Waals surface area contributed by atoms with Crippen LogP contribution in [-0.4, -0.2) is 70.7 Å². The monoisotopic (exact) mass is 610 g/mol. The fourth-order valence-electron chi connectivity index (χ4n) is 7.52. The van der Waals surface area contributed by atoms with Gasteiger partial charge in [0.1, 0.15) is 36.6 Å². The van der Waals surface area contributed by atoms with Crippen molar-refractivity contribution in [2.45, 2.75) is 89.0 Å². The van der Waals surface area contributed by atoms with Crippen molar-refractivity contribution in [1.82, 2.24) is 0 Å². The molecule has 2 saturated carbocycles. The van der Waals surface area contributed by atoms with Gasteiger partial charge < -0.3 is 33.2 Å². The quantitative estimate of drug-likeness (QED) is 0.262. The van der Waals surface area contributed by atoms with Gasteiger partial charge in [-0.25, -0.2) is 9.59 Å². The maximum atomic E-state index is 13.4. The number of rotatable bonds is 8. The molecule has 236 valence electrons. The Balaban J connectivity index is 1.68. The van der Waals surface area contributed by atoms with Gasteiger partial charge in [-0.2, -0.15) is 0 Å². The van der Waals surface area contributed by atoms with Crippen LogP contribution < -0.4 is 0 Å². The highest BCUT2D eigenvalue weighted by Gasteiger charge is 2.84. The van der Waals surface area contributed by atoms with E-state index in [-0.39, 0.29) is 24.8 Å². The third kappa shape index (κ3) is 5.21. The number of carbonyl (C=O) groups is 4. The Morgan fingerprint density at radius 1 is 0.977 bits per heavy atom. The van der Waals surface area contributed by atoms with E-state index in [2.05, 4.69) is 0 Å². The van der Waals surface area contributed by atoms with Crippen molar-refractivity contribution >= 4 is 30.0 Å². The summed E-state index contributed by atoms with van der Waals surface area (Å²) in [7, 11) is 0. The minimum absolute atomic E-state index is 0.0628. The Labute approximate surface area is 255 Å². The molecule has 0 unspecified atom stereocenters. The lowest BCUT2D eigenvalue weighted by atomic mass is 9.47. The molecule has 44 heavy (non-hydrogen) atoms. The van der Waals surface area contributed by atoms with Gasteiger partial charge in [-0.1, -0.05) is 30.3 Å². The molecule has 2 bridgehead atoms. The molecule has 2 aliphatic carbocycles. The average molecular weight is 611 g/mol. The number of ether oxygens (including phenoxy) is 5.